The van der Waals surface area contributed by atoms with E-state index in [9.17, 15) is 10.1 Å². The second kappa shape index (κ2) is 8.38. The highest BCUT2D eigenvalue weighted by Crippen LogP contribution is 2.23. The van der Waals surface area contributed by atoms with Crippen LogP contribution in [0.3, 0.4) is 0 Å². The zero-order valence-electron chi connectivity index (χ0n) is 12.9. The van der Waals surface area contributed by atoms with Crippen molar-refractivity contribution in [3.8, 4) is 0 Å². The zero-order valence-corrected chi connectivity index (χ0v) is 13.7. The maximum Gasteiger partial charge on any atom is 0.323 e. The van der Waals surface area contributed by atoms with E-state index in [4.69, 9.17) is 10.1 Å². The summed E-state index contributed by atoms with van der Waals surface area (Å²) in [5.74, 6) is 1.77. The molecule has 0 bridgehead atoms. The van der Waals surface area contributed by atoms with E-state index in [1.807, 2.05) is 30.3 Å². The number of ether oxygens (including phenoxy) is 1. The monoisotopic (exact) mass is 333 g/mol. The van der Waals surface area contributed by atoms with Gasteiger partial charge in [-0.15, -0.1) is 0 Å². The second-order valence-electron chi connectivity index (χ2n) is 4.94. The van der Waals surface area contributed by atoms with Gasteiger partial charge in [0.25, 0.3) is 0 Å². The minimum Gasteiger partial charge on any atom is -0.484 e. The van der Waals surface area contributed by atoms with E-state index in [0.29, 0.717) is 18.7 Å². The number of thioether (sulfide) groups is 1. The first-order valence-corrected chi connectivity index (χ1v) is 8.33. The average Bonchev–Trinajstić information content (AvgIpc) is 2.95. The molecule has 0 radical (unpaired) electrons. The molecule has 6 nitrogen and oxygen atoms in total. The number of nitrogens with one attached hydrogen (secondary N) is 1. The molecule has 23 heavy (non-hydrogen) atoms. The summed E-state index contributed by atoms with van der Waals surface area (Å²) in [5, 5.41) is 18.7. The Bertz CT molecular complexity index is 670. The molecule has 1 aromatic heterocycles. The topological polar surface area (TPSA) is 81.2 Å². The molecule has 7 heteroatoms. The number of hydrogen-bond acceptors (Lipinski definition) is 5. The van der Waals surface area contributed by atoms with Crippen molar-refractivity contribution in [3.05, 3.63) is 63.8 Å². The molecule has 0 saturated heterocycles. The Hall–Kier alpha value is -2.28. The lowest BCUT2D eigenvalue weighted by Gasteiger charge is -2.07. The molecule has 0 aliphatic carbocycles. The summed E-state index contributed by atoms with van der Waals surface area (Å²) in [5.41, 5.74) is 1.94. The Balaban J connectivity index is 2.07. The molecule has 0 amide bonds. The minimum atomic E-state index is -0.349. The van der Waals surface area contributed by atoms with Gasteiger partial charge >= 0.3 is 5.82 Å². The zero-order chi connectivity index (χ0) is 16.7. The van der Waals surface area contributed by atoms with Crippen molar-refractivity contribution in [3.63, 3.8) is 0 Å². The van der Waals surface area contributed by atoms with Crippen molar-refractivity contribution >= 4 is 23.5 Å². The van der Waals surface area contributed by atoms with Crippen LogP contribution in [-0.4, -0.2) is 28.3 Å². The highest BCUT2D eigenvalue weighted by molar-refractivity contribution is 7.98. The van der Waals surface area contributed by atoms with Gasteiger partial charge in [-0.25, -0.2) is 4.57 Å². The molecule has 0 spiro atoms. The molecule has 0 atom stereocenters. The number of nitrogens with zero attached hydrogens (tertiary/aromatic N) is 2. The predicted molar refractivity (Wildman–Crippen MR) is 92.1 cm³/mol. The van der Waals surface area contributed by atoms with Crippen molar-refractivity contribution in [2.24, 2.45) is 0 Å². The molecular weight excluding hydrogens is 314 g/mol. The minimum absolute atomic E-state index is 0.106. The SMILES string of the molecule is COC(=N)CCSCc1ccc([N+](=O)[O-])n1Cc1ccccc1. The first kappa shape index (κ1) is 17.1. The fourth-order valence-corrected chi connectivity index (χ4v) is 3.11. The summed E-state index contributed by atoms with van der Waals surface area (Å²) in [6.07, 6.45) is 0.558. The van der Waals surface area contributed by atoms with Crippen LogP contribution in [0, 0.1) is 15.5 Å². The standard InChI is InChI=1S/C16H19N3O3S/c1-22-15(17)9-10-23-12-14-7-8-16(19(20)21)18(14)11-13-5-3-2-4-6-13/h2-8,17H,9-12H2,1H3. The summed E-state index contributed by atoms with van der Waals surface area (Å²) < 4.78 is 6.56. The van der Waals surface area contributed by atoms with Crippen LogP contribution in [0.15, 0.2) is 42.5 Å². The molecule has 122 valence electrons. The van der Waals surface area contributed by atoms with Crippen LogP contribution in [0.4, 0.5) is 5.82 Å². The van der Waals surface area contributed by atoms with Crippen molar-refractivity contribution in [2.45, 2.75) is 18.7 Å². The number of rotatable bonds is 8. The number of benzene rings is 1. The molecule has 0 fully saturated rings. The molecule has 2 aromatic rings. The normalized spacial score (nSPS) is 10.5. The first-order valence-electron chi connectivity index (χ1n) is 7.17. The van der Waals surface area contributed by atoms with Crippen LogP contribution in [-0.2, 0) is 17.0 Å². The highest BCUT2D eigenvalue weighted by Gasteiger charge is 2.18. The van der Waals surface area contributed by atoms with E-state index in [0.717, 1.165) is 17.0 Å². The molecule has 1 aromatic carbocycles. The van der Waals surface area contributed by atoms with Gasteiger partial charge in [0.05, 0.1) is 12.9 Å². The third kappa shape index (κ3) is 4.85. The fourth-order valence-electron chi connectivity index (χ4n) is 2.18. The average molecular weight is 333 g/mol. The van der Waals surface area contributed by atoms with Gasteiger partial charge in [-0.2, -0.15) is 11.8 Å². The summed E-state index contributed by atoms with van der Waals surface area (Å²) in [6.45, 7) is 0.480. The van der Waals surface area contributed by atoms with Gasteiger partial charge in [-0.1, -0.05) is 30.3 Å². The Morgan fingerprint density at radius 2 is 2.04 bits per heavy atom. The van der Waals surface area contributed by atoms with Crippen LogP contribution in [0.2, 0.25) is 0 Å². The Morgan fingerprint density at radius 1 is 1.30 bits per heavy atom. The summed E-state index contributed by atoms with van der Waals surface area (Å²) in [4.78, 5) is 10.9. The highest BCUT2D eigenvalue weighted by atomic mass is 32.2. The smallest absolute Gasteiger partial charge is 0.323 e. The third-order valence-electron chi connectivity index (χ3n) is 3.39. The summed E-state index contributed by atoms with van der Waals surface area (Å²) in [6, 6.07) is 13.0. The second-order valence-corrected chi connectivity index (χ2v) is 6.05. The molecule has 0 unspecified atom stereocenters. The quantitative estimate of drug-likeness (QED) is 0.263. The number of nitro groups is 1. The first-order chi connectivity index (χ1) is 11.1. The largest absolute Gasteiger partial charge is 0.484 e. The van der Waals surface area contributed by atoms with Gasteiger partial charge in [-0.3, -0.25) is 5.41 Å². The number of methoxy groups -OCH3 is 1. The van der Waals surface area contributed by atoms with Crippen LogP contribution in [0.25, 0.3) is 0 Å². The lowest BCUT2D eigenvalue weighted by atomic mass is 10.2. The molecule has 1 N–H and O–H groups in total. The molecule has 0 aliphatic rings. The van der Waals surface area contributed by atoms with E-state index in [1.54, 1.807) is 28.5 Å². The molecule has 0 saturated carbocycles. The Kier molecular flexibility index (Phi) is 6.22. The van der Waals surface area contributed by atoms with Gasteiger partial charge in [0, 0.05) is 18.2 Å². The molecule has 0 aliphatic heterocycles. The molecule has 2 rings (SSSR count). The number of hydrogen-bond donors (Lipinski definition) is 1. The predicted octanol–water partition coefficient (Wildman–Crippen LogP) is 3.69. The van der Waals surface area contributed by atoms with E-state index < -0.39 is 0 Å². The summed E-state index contributed by atoms with van der Waals surface area (Å²) >= 11 is 1.64. The van der Waals surface area contributed by atoms with Crippen molar-refractivity contribution in [1.82, 2.24) is 4.57 Å². The number of aromatic nitrogens is 1. The van der Waals surface area contributed by atoms with Gasteiger partial charge in [0.2, 0.25) is 0 Å². The van der Waals surface area contributed by atoms with Crippen LogP contribution in [0.1, 0.15) is 17.7 Å². The van der Waals surface area contributed by atoms with Crippen molar-refractivity contribution in [2.75, 3.05) is 12.9 Å². The van der Waals surface area contributed by atoms with Crippen LogP contribution >= 0.6 is 11.8 Å². The van der Waals surface area contributed by atoms with Gasteiger partial charge in [-0.05, 0) is 16.6 Å². The van der Waals surface area contributed by atoms with E-state index in [1.165, 1.54) is 7.11 Å². The molecule has 1 heterocycles. The van der Waals surface area contributed by atoms with Crippen LogP contribution in [0.5, 0.6) is 0 Å². The van der Waals surface area contributed by atoms with E-state index in [2.05, 4.69) is 0 Å². The van der Waals surface area contributed by atoms with Gasteiger partial charge < -0.3 is 14.9 Å². The maximum absolute atomic E-state index is 11.2. The fraction of sp³-hybridized carbons (Fsp3) is 0.312. The van der Waals surface area contributed by atoms with Crippen molar-refractivity contribution < 1.29 is 9.66 Å². The van der Waals surface area contributed by atoms with Gasteiger partial charge in [0.1, 0.15) is 12.2 Å². The Morgan fingerprint density at radius 3 is 2.70 bits per heavy atom. The van der Waals surface area contributed by atoms with Crippen LogP contribution < -0.4 is 0 Å². The third-order valence-corrected chi connectivity index (χ3v) is 4.38. The lowest BCUT2D eigenvalue weighted by molar-refractivity contribution is -0.392. The van der Waals surface area contributed by atoms with Crippen molar-refractivity contribution in [1.29, 1.82) is 5.41 Å². The van der Waals surface area contributed by atoms with E-state index in [-0.39, 0.29) is 16.6 Å². The molecular formula is C16H19N3O3S. The lowest BCUT2D eigenvalue weighted by Crippen LogP contribution is -2.07. The summed E-state index contributed by atoms with van der Waals surface area (Å²) in [7, 11) is 1.49. The maximum atomic E-state index is 11.2. The van der Waals surface area contributed by atoms with E-state index >= 15 is 0 Å². The van der Waals surface area contributed by atoms with Gasteiger partial charge in [0.15, 0.2) is 5.90 Å². The Labute approximate surface area is 139 Å².